The fourth-order valence-electron chi connectivity index (χ4n) is 3.63. The first kappa shape index (κ1) is 19.0. The second-order valence-electron chi connectivity index (χ2n) is 7.40. The molecule has 1 aromatic heterocycles. The molecule has 0 atom stereocenters. The number of nitrogens with zero attached hydrogens (tertiary/aromatic N) is 2. The van der Waals surface area contributed by atoms with Crippen LogP contribution < -0.4 is 15.0 Å². The number of para-hydroxylation sites is 3. The highest BCUT2D eigenvalue weighted by atomic mass is 16.5. The molecule has 0 radical (unpaired) electrons. The van der Waals surface area contributed by atoms with Crippen LogP contribution in [-0.2, 0) is 6.42 Å². The number of ether oxygens (including phenoxy) is 1. The van der Waals surface area contributed by atoms with E-state index in [1.807, 2.05) is 50.2 Å². The molecule has 0 spiro atoms. The van der Waals surface area contributed by atoms with Gasteiger partial charge in [0.25, 0.3) is 5.91 Å². The van der Waals surface area contributed by atoms with Crippen LogP contribution in [0.1, 0.15) is 36.3 Å². The molecule has 2 heterocycles. The van der Waals surface area contributed by atoms with Gasteiger partial charge >= 0.3 is 0 Å². The quantitative estimate of drug-likeness (QED) is 0.653. The summed E-state index contributed by atoms with van der Waals surface area (Å²) in [5, 5.41) is 2.94. The average Bonchev–Trinajstić information content (AvgIpc) is 2.74. The van der Waals surface area contributed by atoms with Gasteiger partial charge in [0.05, 0.1) is 11.8 Å². The van der Waals surface area contributed by atoms with Crippen LogP contribution in [0.15, 0.2) is 66.9 Å². The number of fused-ring (bicyclic) bond motifs is 1. The fourth-order valence-corrected chi connectivity index (χ4v) is 3.63. The Hall–Kier alpha value is -3.34. The summed E-state index contributed by atoms with van der Waals surface area (Å²) in [6.45, 7) is 4.84. The molecule has 0 bridgehead atoms. The van der Waals surface area contributed by atoms with E-state index in [4.69, 9.17) is 4.74 Å². The molecule has 29 heavy (non-hydrogen) atoms. The lowest BCUT2D eigenvalue weighted by Crippen LogP contribution is -2.25. The van der Waals surface area contributed by atoms with Crippen LogP contribution in [0.5, 0.6) is 5.75 Å². The maximum Gasteiger partial charge on any atom is 0.274 e. The van der Waals surface area contributed by atoms with Gasteiger partial charge in [0.2, 0.25) is 0 Å². The second kappa shape index (κ2) is 8.35. The summed E-state index contributed by atoms with van der Waals surface area (Å²) in [4.78, 5) is 19.4. The number of aromatic nitrogens is 1. The van der Waals surface area contributed by atoms with Gasteiger partial charge in [-0.2, -0.15) is 0 Å². The minimum atomic E-state index is -0.253. The Labute approximate surface area is 171 Å². The molecule has 0 unspecified atom stereocenters. The molecule has 3 aromatic rings. The van der Waals surface area contributed by atoms with E-state index in [1.54, 1.807) is 6.20 Å². The van der Waals surface area contributed by atoms with Crippen LogP contribution >= 0.6 is 0 Å². The molecule has 0 saturated carbocycles. The summed E-state index contributed by atoms with van der Waals surface area (Å²) in [6.07, 6.45) is 3.88. The molecular weight excluding hydrogens is 362 g/mol. The third-order valence-electron chi connectivity index (χ3n) is 4.90. The van der Waals surface area contributed by atoms with Crippen LogP contribution in [-0.4, -0.2) is 23.5 Å². The van der Waals surface area contributed by atoms with E-state index in [9.17, 15) is 4.79 Å². The number of nitrogens with one attached hydrogen (secondary N) is 1. The van der Waals surface area contributed by atoms with Crippen molar-refractivity contribution in [2.45, 2.75) is 32.8 Å². The van der Waals surface area contributed by atoms with Crippen molar-refractivity contribution in [3.8, 4) is 5.75 Å². The first-order chi connectivity index (χ1) is 14.1. The number of hydrogen-bond acceptors (Lipinski definition) is 4. The van der Waals surface area contributed by atoms with Gasteiger partial charge < -0.3 is 15.0 Å². The molecule has 5 heteroatoms. The van der Waals surface area contributed by atoms with Crippen molar-refractivity contribution in [3.05, 3.63) is 78.1 Å². The zero-order valence-corrected chi connectivity index (χ0v) is 16.8. The fraction of sp³-hybridized carbons (Fsp3) is 0.250. The summed E-state index contributed by atoms with van der Waals surface area (Å²) in [5.74, 6) is 0.397. The predicted octanol–water partition coefficient (Wildman–Crippen LogP) is 5.21. The van der Waals surface area contributed by atoms with Gasteiger partial charge in [-0.05, 0) is 62.6 Å². The van der Waals surface area contributed by atoms with Crippen molar-refractivity contribution in [2.75, 3.05) is 16.8 Å². The number of carbonyl (C=O) groups excluding carboxylic acids is 1. The second-order valence-corrected chi connectivity index (χ2v) is 7.40. The van der Waals surface area contributed by atoms with Gasteiger partial charge in [0.15, 0.2) is 0 Å². The summed E-state index contributed by atoms with van der Waals surface area (Å²) in [7, 11) is 0. The Morgan fingerprint density at radius 3 is 2.76 bits per heavy atom. The number of hydrogen-bond donors (Lipinski definition) is 1. The van der Waals surface area contributed by atoms with Crippen LogP contribution in [0.4, 0.5) is 17.1 Å². The predicted molar refractivity (Wildman–Crippen MR) is 116 cm³/mol. The highest BCUT2D eigenvalue weighted by molar-refractivity contribution is 6.04. The standard InChI is InChI=1S/C24H25N3O2/c1-17(2)29-23-12-6-4-10-20(23)26-24(28)21-16-19(13-14-25-21)27-15-7-9-18-8-3-5-11-22(18)27/h3-6,8,10-14,16-17H,7,9,15H2,1-2H3,(H,26,28). The highest BCUT2D eigenvalue weighted by Gasteiger charge is 2.19. The molecular formula is C24H25N3O2. The summed E-state index contributed by atoms with van der Waals surface area (Å²) < 4.78 is 5.80. The molecule has 1 N–H and O–H groups in total. The minimum Gasteiger partial charge on any atom is -0.489 e. The molecule has 0 saturated heterocycles. The molecule has 4 rings (SSSR count). The first-order valence-electron chi connectivity index (χ1n) is 10.0. The largest absolute Gasteiger partial charge is 0.489 e. The van der Waals surface area contributed by atoms with E-state index >= 15 is 0 Å². The third-order valence-corrected chi connectivity index (χ3v) is 4.90. The number of rotatable bonds is 5. The Morgan fingerprint density at radius 1 is 1.10 bits per heavy atom. The Kier molecular flexibility index (Phi) is 5.47. The Bertz CT molecular complexity index is 1020. The molecule has 2 aromatic carbocycles. The minimum absolute atomic E-state index is 0.0219. The number of amides is 1. The lowest BCUT2D eigenvalue weighted by atomic mass is 10.0. The van der Waals surface area contributed by atoms with E-state index < -0.39 is 0 Å². The maximum absolute atomic E-state index is 12.9. The number of anilines is 3. The van der Waals surface area contributed by atoms with Crippen LogP contribution in [0.3, 0.4) is 0 Å². The molecule has 0 fully saturated rings. The van der Waals surface area contributed by atoms with Gasteiger partial charge in [-0.25, -0.2) is 0 Å². The molecule has 148 valence electrons. The first-order valence-corrected chi connectivity index (χ1v) is 10.0. The number of benzene rings is 2. The average molecular weight is 387 g/mol. The molecule has 1 aliphatic heterocycles. The van der Waals surface area contributed by atoms with E-state index in [0.717, 1.165) is 25.1 Å². The van der Waals surface area contributed by atoms with Crippen molar-refractivity contribution < 1.29 is 9.53 Å². The van der Waals surface area contributed by atoms with Gasteiger partial charge in [-0.1, -0.05) is 30.3 Å². The topological polar surface area (TPSA) is 54.5 Å². The summed E-state index contributed by atoms with van der Waals surface area (Å²) in [5.41, 5.74) is 4.53. The van der Waals surface area contributed by atoms with Gasteiger partial charge in [0.1, 0.15) is 11.4 Å². The van der Waals surface area contributed by atoms with Crippen LogP contribution in [0.2, 0.25) is 0 Å². The summed E-state index contributed by atoms with van der Waals surface area (Å²) >= 11 is 0. The van der Waals surface area contributed by atoms with Gasteiger partial charge in [0, 0.05) is 24.1 Å². The van der Waals surface area contributed by atoms with Crippen molar-refractivity contribution >= 4 is 23.0 Å². The monoisotopic (exact) mass is 387 g/mol. The molecule has 1 amide bonds. The zero-order valence-electron chi connectivity index (χ0n) is 16.8. The van der Waals surface area contributed by atoms with E-state index in [-0.39, 0.29) is 12.0 Å². The Balaban J connectivity index is 1.58. The van der Waals surface area contributed by atoms with Crippen molar-refractivity contribution in [2.24, 2.45) is 0 Å². The van der Waals surface area contributed by atoms with Gasteiger partial charge in [-0.3, -0.25) is 9.78 Å². The van der Waals surface area contributed by atoms with Gasteiger partial charge in [-0.15, -0.1) is 0 Å². The molecule has 5 nitrogen and oxygen atoms in total. The lowest BCUT2D eigenvalue weighted by molar-refractivity contribution is 0.102. The Morgan fingerprint density at radius 2 is 1.90 bits per heavy atom. The van der Waals surface area contributed by atoms with Crippen LogP contribution in [0, 0.1) is 0 Å². The van der Waals surface area contributed by atoms with E-state index in [2.05, 4.69) is 39.5 Å². The van der Waals surface area contributed by atoms with Crippen molar-refractivity contribution in [3.63, 3.8) is 0 Å². The van der Waals surface area contributed by atoms with Crippen molar-refractivity contribution in [1.82, 2.24) is 4.98 Å². The van der Waals surface area contributed by atoms with E-state index in [0.29, 0.717) is 17.1 Å². The number of carbonyl (C=O) groups is 1. The molecule has 0 aliphatic carbocycles. The van der Waals surface area contributed by atoms with Crippen molar-refractivity contribution in [1.29, 1.82) is 0 Å². The number of aryl methyl sites for hydroxylation is 1. The van der Waals surface area contributed by atoms with E-state index in [1.165, 1.54) is 11.3 Å². The normalized spacial score (nSPS) is 13.1. The highest BCUT2D eigenvalue weighted by Crippen LogP contribution is 2.33. The third kappa shape index (κ3) is 4.24. The summed E-state index contributed by atoms with van der Waals surface area (Å²) in [6, 6.07) is 19.7. The lowest BCUT2D eigenvalue weighted by Gasteiger charge is -2.31. The molecule has 1 aliphatic rings. The maximum atomic E-state index is 12.9. The smallest absolute Gasteiger partial charge is 0.274 e. The zero-order chi connectivity index (χ0) is 20.2. The van der Waals surface area contributed by atoms with Crippen LogP contribution in [0.25, 0.3) is 0 Å². The number of pyridine rings is 1. The SMILES string of the molecule is CC(C)Oc1ccccc1NC(=O)c1cc(N2CCCc3ccccc32)ccn1.